The maximum absolute atomic E-state index is 11.6. The lowest BCUT2D eigenvalue weighted by atomic mass is 10.3. The highest BCUT2D eigenvalue weighted by atomic mass is 79.9. The smallest absolute Gasteiger partial charge is 0.207 e. The molecule has 0 saturated carbocycles. The van der Waals surface area contributed by atoms with Gasteiger partial charge in [0.2, 0.25) is 5.78 Å². The summed E-state index contributed by atoms with van der Waals surface area (Å²) in [7, 11) is 1.50. The van der Waals surface area contributed by atoms with Crippen molar-refractivity contribution in [3.8, 4) is 0 Å². The van der Waals surface area contributed by atoms with E-state index in [1.165, 1.54) is 7.11 Å². The molecule has 1 aromatic rings. The molecule has 78 valence electrons. The lowest BCUT2D eigenvalue weighted by Gasteiger charge is -2.09. The number of halogens is 1. The van der Waals surface area contributed by atoms with Crippen LogP contribution in [0.3, 0.4) is 0 Å². The van der Waals surface area contributed by atoms with Crippen molar-refractivity contribution in [2.45, 2.75) is 19.9 Å². The number of hydrogen-bond donors (Lipinski definition) is 0. The largest absolute Gasteiger partial charge is 0.376 e. The van der Waals surface area contributed by atoms with E-state index in [4.69, 9.17) is 4.74 Å². The van der Waals surface area contributed by atoms with E-state index in [9.17, 15) is 4.79 Å². The summed E-state index contributed by atoms with van der Waals surface area (Å²) in [5.41, 5.74) is 0.571. The zero-order valence-electron chi connectivity index (χ0n) is 8.45. The lowest BCUT2D eigenvalue weighted by molar-refractivity contribution is 0.0834. The molecule has 14 heavy (non-hydrogen) atoms. The van der Waals surface area contributed by atoms with Gasteiger partial charge in [-0.2, -0.15) is 5.10 Å². The standard InChI is InChI=1S/C9H13BrN2O2/c1-6(2)12-9(7(10)4-11-12)8(13)5-14-3/h4,6H,5H2,1-3H3. The number of Topliss-reactive ketones (excluding diaryl/α,β-unsaturated/α-hetero) is 1. The summed E-state index contributed by atoms with van der Waals surface area (Å²) in [6, 6.07) is 0.164. The molecular formula is C9H13BrN2O2. The molecule has 0 unspecified atom stereocenters. The SMILES string of the molecule is COCC(=O)c1c(Br)cnn1C(C)C. The Bertz CT molecular complexity index is 334. The second kappa shape index (κ2) is 4.70. The first kappa shape index (κ1) is 11.4. The first-order valence-electron chi connectivity index (χ1n) is 4.33. The molecule has 0 N–H and O–H groups in total. The fourth-order valence-corrected chi connectivity index (χ4v) is 1.69. The summed E-state index contributed by atoms with van der Waals surface area (Å²) < 4.78 is 7.21. The quantitative estimate of drug-likeness (QED) is 0.779. The average Bonchev–Trinajstić information content (AvgIpc) is 2.47. The second-order valence-electron chi connectivity index (χ2n) is 3.24. The Balaban J connectivity index is 3.04. The summed E-state index contributed by atoms with van der Waals surface area (Å²) in [6.07, 6.45) is 1.63. The first-order valence-corrected chi connectivity index (χ1v) is 5.12. The molecule has 0 radical (unpaired) electrons. The van der Waals surface area contributed by atoms with Crippen LogP contribution >= 0.6 is 15.9 Å². The van der Waals surface area contributed by atoms with Crippen LogP contribution in [0.5, 0.6) is 0 Å². The van der Waals surface area contributed by atoms with Crippen molar-refractivity contribution >= 4 is 21.7 Å². The minimum atomic E-state index is -0.0643. The normalized spacial score (nSPS) is 10.9. The number of carbonyl (C=O) groups is 1. The van der Waals surface area contributed by atoms with Crippen molar-refractivity contribution in [3.05, 3.63) is 16.4 Å². The second-order valence-corrected chi connectivity index (χ2v) is 4.09. The monoisotopic (exact) mass is 260 g/mol. The Morgan fingerprint density at radius 1 is 1.71 bits per heavy atom. The van der Waals surface area contributed by atoms with Gasteiger partial charge in [-0.05, 0) is 29.8 Å². The molecule has 0 amide bonds. The third-order valence-corrected chi connectivity index (χ3v) is 2.36. The molecule has 0 bridgehead atoms. The van der Waals surface area contributed by atoms with Crippen molar-refractivity contribution in [1.29, 1.82) is 0 Å². The molecule has 0 atom stereocenters. The Kier molecular flexibility index (Phi) is 3.83. The number of methoxy groups -OCH3 is 1. The fraction of sp³-hybridized carbons (Fsp3) is 0.556. The van der Waals surface area contributed by atoms with Gasteiger partial charge in [-0.3, -0.25) is 9.48 Å². The van der Waals surface area contributed by atoms with Gasteiger partial charge in [0.15, 0.2) is 0 Å². The third kappa shape index (κ3) is 2.22. The van der Waals surface area contributed by atoms with Crippen molar-refractivity contribution in [3.63, 3.8) is 0 Å². The summed E-state index contributed by atoms with van der Waals surface area (Å²) >= 11 is 3.30. The highest BCUT2D eigenvalue weighted by molar-refractivity contribution is 9.10. The molecule has 5 heteroatoms. The van der Waals surface area contributed by atoms with Gasteiger partial charge in [-0.25, -0.2) is 0 Å². The molecule has 1 aromatic heterocycles. The van der Waals surface area contributed by atoms with Gasteiger partial charge in [0.05, 0.1) is 10.7 Å². The molecule has 0 spiro atoms. The number of carbonyl (C=O) groups excluding carboxylic acids is 1. The predicted octanol–water partition coefficient (Wildman–Crippen LogP) is 2.06. The molecule has 0 fully saturated rings. The number of nitrogens with zero attached hydrogens (tertiary/aromatic N) is 2. The summed E-state index contributed by atoms with van der Waals surface area (Å²) in [5.74, 6) is -0.0643. The molecule has 1 rings (SSSR count). The third-order valence-electron chi connectivity index (χ3n) is 1.78. The van der Waals surface area contributed by atoms with E-state index in [1.807, 2.05) is 13.8 Å². The van der Waals surface area contributed by atoms with Gasteiger partial charge in [0.25, 0.3) is 0 Å². The number of ether oxygens (including phenoxy) is 1. The zero-order chi connectivity index (χ0) is 10.7. The first-order chi connectivity index (χ1) is 6.57. The Morgan fingerprint density at radius 2 is 2.36 bits per heavy atom. The van der Waals surface area contributed by atoms with E-state index < -0.39 is 0 Å². The van der Waals surface area contributed by atoms with Crippen LogP contribution in [0.4, 0.5) is 0 Å². The molecule has 0 aliphatic heterocycles. The van der Waals surface area contributed by atoms with Crippen LogP contribution in [0.2, 0.25) is 0 Å². The van der Waals surface area contributed by atoms with Crippen molar-refractivity contribution in [2.24, 2.45) is 0 Å². The van der Waals surface area contributed by atoms with Gasteiger partial charge in [-0.1, -0.05) is 0 Å². The van der Waals surface area contributed by atoms with Crippen molar-refractivity contribution < 1.29 is 9.53 Å². The summed E-state index contributed by atoms with van der Waals surface area (Å²) in [5, 5.41) is 4.11. The van der Waals surface area contributed by atoms with E-state index >= 15 is 0 Å². The zero-order valence-corrected chi connectivity index (χ0v) is 10.0. The number of aromatic nitrogens is 2. The van der Waals surface area contributed by atoms with Gasteiger partial charge in [0, 0.05) is 13.2 Å². The molecule has 0 aliphatic carbocycles. The van der Waals surface area contributed by atoms with Gasteiger partial charge in [0.1, 0.15) is 12.3 Å². The molecular weight excluding hydrogens is 248 g/mol. The predicted molar refractivity (Wildman–Crippen MR) is 56.5 cm³/mol. The molecule has 0 aromatic carbocycles. The van der Waals surface area contributed by atoms with E-state index in [2.05, 4.69) is 21.0 Å². The number of hydrogen-bond acceptors (Lipinski definition) is 3. The van der Waals surface area contributed by atoms with Crippen LogP contribution < -0.4 is 0 Å². The Morgan fingerprint density at radius 3 is 2.86 bits per heavy atom. The molecule has 4 nitrogen and oxygen atoms in total. The topological polar surface area (TPSA) is 44.1 Å². The number of rotatable bonds is 4. The Labute approximate surface area is 91.4 Å². The van der Waals surface area contributed by atoms with Crippen LogP contribution in [0.15, 0.2) is 10.7 Å². The molecule has 1 heterocycles. The molecule has 0 saturated heterocycles. The van der Waals surface area contributed by atoms with Crippen LogP contribution in [0.1, 0.15) is 30.4 Å². The highest BCUT2D eigenvalue weighted by Gasteiger charge is 2.18. The van der Waals surface area contributed by atoms with Crippen LogP contribution in [0, 0.1) is 0 Å². The molecule has 0 aliphatic rings. The van der Waals surface area contributed by atoms with E-state index in [0.29, 0.717) is 10.2 Å². The van der Waals surface area contributed by atoms with Crippen LogP contribution in [0.25, 0.3) is 0 Å². The van der Waals surface area contributed by atoms with Gasteiger partial charge in [-0.15, -0.1) is 0 Å². The summed E-state index contributed by atoms with van der Waals surface area (Å²) in [4.78, 5) is 11.6. The van der Waals surface area contributed by atoms with E-state index in [0.717, 1.165) is 0 Å². The highest BCUT2D eigenvalue weighted by Crippen LogP contribution is 2.19. The van der Waals surface area contributed by atoms with Crippen molar-refractivity contribution in [1.82, 2.24) is 9.78 Å². The lowest BCUT2D eigenvalue weighted by Crippen LogP contribution is -2.16. The number of ketones is 1. The fourth-order valence-electron chi connectivity index (χ4n) is 1.19. The van der Waals surface area contributed by atoms with Crippen molar-refractivity contribution in [2.75, 3.05) is 13.7 Å². The van der Waals surface area contributed by atoms with Gasteiger partial charge < -0.3 is 4.74 Å². The van der Waals surface area contributed by atoms with Gasteiger partial charge >= 0.3 is 0 Å². The maximum Gasteiger partial charge on any atom is 0.207 e. The summed E-state index contributed by atoms with van der Waals surface area (Å²) in [6.45, 7) is 4.03. The Hall–Kier alpha value is -0.680. The maximum atomic E-state index is 11.6. The van der Waals surface area contributed by atoms with Crippen LogP contribution in [-0.2, 0) is 4.74 Å². The van der Waals surface area contributed by atoms with Crippen LogP contribution in [-0.4, -0.2) is 29.3 Å². The minimum absolute atomic E-state index is 0.0643. The van der Waals surface area contributed by atoms with E-state index in [1.54, 1.807) is 10.9 Å². The average molecular weight is 261 g/mol. The van der Waals surface area contributed by atoms with E-state index in [-0.39, 0.29) is 18.4 Å². The minimum Gasteiger partial charge on any atom is -0.376 e.